The topological polar surface area (TPSA) is 66.5 Å². The maximum Gasteiger partial charge on any atom is 0.240 e. The molecule has 5 nitrogen and oxygen atoms in total. The first-order chi connectivity index (χ1) is 8.97. The highest BCUT2D eigenvalue weighted by Crippen LogP contribution is 2.27. The summed E-state index contributed by atoms with van der Waals surface area (Å²) in [5, 5.41) is 0. The average molecular weight is 280 g/mol. The van der Waals surface area contributed by atoms with Gasteiger partial charge in [-0.25, -0.2) is 13.1 Å². The third kappa shape index (κ3) is 2.69. The molecule has 1 fully saturated rings. The molecule has 1 aliphatic rings. The zero-order valence-corrected chi connectivity index (χ0v) is 11.5. The second-order valence-electron chi connectivity index (χ2n) is 4.41. The molecule has 1 aromatic carbocycles. The van der Waals surface area contributed by atoms with Crippen molar-refractivity contribution in [2.24, 2.45) is 5.92 Å². The Morgan fingerprint density at radius 2 is 2.21 bits per heavy atom. The van der Waals surface area contributed by atoms with Gasteiger partial charge in [0.1, 0.15) is 0 Å². The number of carbonyl (C=O) groups is 1. The molecular weight excluding hydrogens is 264 g/mol. The minimum Gasteiger partial charge on any atom is -0.312 e. The fourth-order valence-electron chi connectivity index (χ4n) is 2.08. The van der Waals surface area contributed by atoms with E-state index in [9.17, 15) is 13.2 Å². The van der Waals surface area contributed by atoms with Gasteiger partial charge in [-0.1, -0.05) is 12.1 Å². The summed E-state index contributed by atoms with van der Waals surface area (Å²) in [5.41, 5.74) is 0.602. The Hall–Kier alpha value is -1.66. The summed E-state index contributed by atoms with van der Waals surface area (Å²) in [7, 11) is -2.14. The SMILES string of the molecule is C=CC1CC(=O)N(c2cccc(S(=O)(=O)NC)c2)C1. The maximum absolute atomic E-state index is 11.9. The first-order valence-electron chi connectivity index (χ1n) is 5.94. The lowest BCUT2D eigenvalue weighted by Gasteiger charge is -2.17. The van der Waals surface area contributed by atoms with E-state index in [0.29, 0.717) is 18.7 Å². The lowest BCUT2D eigenvalue weighted by molar-refractivity contribution is -0.117. The van der Waals surface area contributed by atoms with E-state index < -0.39 is 10.0 Å². The van der Waals surface area contributed by atoms with Gasteiger partial charge < -0.3 is 4.90 Å². The molecule has 1 atom stereocenters. The standard InChI is InChI=1S/C13H16N2O3S/c1-3-10-7-13(16)15(9-10)11-5-4-6-12(8-11)19(17,18)14-2/h3-6,8,10,14H,1,7,9H2,2H3. The highest BCUT2D eigenvalue weighted by molar-refractivity contribution is 7.89. The van der Waals surface area contributed by atoms with Crippen molar-refractivity contribution in [2.75, 3.05) is 18.5 Å². The first-order valence-corrected chi connectivity index (χ1v) is 7.43. The summed E-state index contributed by atoms with van der Waals surface area (Å²) in [4.78, 5) is 13.6. The summed E-state index contributed by atoms with van der Waals surface area (Å²) >= 11 is 0. The van der Waals surface area contributed by atoms with E-state index in [4.69, 9.17) is 0 Å². The second-order valence-corrected chi connectivity index (χ2v) is 6.30. The van der Waals surface area contributed by atoms with Crippen LogP contribution in [0.3, 0.4) is 0 Å². The molecule has 6 heteroatoms. The Balaban J connectivity index is 2.35. The predicted octanol–water partition coefficient (Wildman–Crippen LogP) is 1.13. The van der Waals surface area contributed by atoms with Gasteiger partial charge in [-0.3, -0.25) is 4.79 Å². The van der Waals surface area contributed by atoms with Gasteiger partial charge in [0.15, 0.2) is 0 Å². The number of carbonyl (C=O) groups excluding carboxylic acids is 1. The number of nitrogens with zero attached hydrogens (tertiary/aromatic N) is 1. The van der Waals surface area contributed by atoms with Crippen LogP contribution in [-0.2, 0) is 14.8 Å². The third-order valence-corrected chi connectivity index (χ3v) is 4.61. The van der Waals surface area contributed by atoms with E-state index in [1.165, 1.54) is 19.2 Å². The molecule has 2 rings (SSSR count). The normalized spacial score (nSPS) is 19.7. The van der Waals surface area contributed by atoms with E-state index in [1.54, 1.807) is 23.1 Å². The fraction of sp³-hybridized carbons (Fsp3) is 0.308. The molecule has 1 saturated heterocycles. The van der Waals surface area contributed by atoms with Gasteiger partial charge >= 0.3 is 0 Å². The number of sulfonamides is 1. The zero-order valence-electron chi connectivity index (χ0n) is 10.7. The highest BCUT2D eigenvalue weighted by Gasteiger charge is 2.29. The van der Waals surface area contributed by atoms with Crippen LogP contribution in [0.2, 0.25) is 0 Å². The molecule has 1 amide bonds. The van der Waals surface area contributed by atoms with Crippen molar-refractivity contribution in [3.05, 3.63) is 36.9 Å². The summed E-state index contributed by atoms with van der Waals surface area (Å²) in [6.45, 7) is 4.24. The van der Waals surface area contributed by atoms with Crippen LogP contribution in [0.5, 0.6) is 0 Å². The molecule has 1 aromatic rings. The Labute approximate surface area is 113 Å². The number of anilines is 1. The first kappa shape index (κ1) is 13.8. The molecule has 0 radical (unpaired) electrons. The van der Waals surface area contributed by atoms with Gasteiger partial charge in [-0.2, -0.15) is 0 Å². The van der Waals surface area contributed by atoms with Crippen molar-refractivity contribution in [2.45, 2.75) is 11.3 Å². The Kier molecular flexibility index (Phi) is 3.73. The summed E-state index contributed by atoms with van der Waals surface area (Å²) in [6, 6.07) is 6.38. The van der Waals surface area contributed by atoms with Gasteiger partial charge in [0.05, 0.1) is 4.90 Å². The summed E-state index contributed by atoms with van der Waals surface area (Å²) in [5.74, 6) is 0.112. The third-order valence-electron chi connectivity index (χ3n) is 3.20. The molecule has 1 aliphatic heterocycles. The molecule has 0 aromatic heterocycles. The Morgan fingerprint density at radius 3 is 2.79 bits per heavy atom. The lowest BCUT2D eigenvalue weighted by Crippen LogP contribution is -2.25. The second kappa shape index (κ2) is 5.14. The molecule has 1 N–H and O–H groups in total. The van der Waals surface area contributed by atoms with Crippen molar-refractivity contribution in [1.82, 2.24) is 4.72 Å². The lowest BCUT2D eigenvalue weighted by atomic mass is 10.1. The molecule has 0 aliphatic carbocycles. The minimum atomic E-state index is -3.49. The minimum absolute atomic E-state index is 0.0103. The van der Waals surface area contributed by atoms with Crippen molar-refractivity contribution >= 4 is 21.6 Å². The Morgan fingerprint density at radius 1 is 1.47 bits per heavy atom. The zero-order chi connectivity index (χ0) is 14.0. The molecule has 0 bridgehead atoms. The number of hydrogen-bond acceptors (Lipinski definition) is 3. The van der Waals surface area contributed by atoms with Crippen LogP contribution < -0.4 is 9.62 Å². The largest absolute Gasteiger partial charge is 0.312 e. The Bertz CT molecular complexity index is 610. The van der Waals surface area contributed by atoms with Gasteiger partial charge in [0, 0.05) is 24.6 Å². The summed E-state index contributed by atoms with van der Waals surface area (Å²) in [6.07, 6.45) is 2.18. The van der Waals surface area contributed by atoms with E-state index in [2.05, 4.69) is 11.3 Å². The summed E-state index contributed by atoms with van der Waals surface area (Å²) < 4.78 is 25.7. The number of rotatable bonds is 4. The quantitative estimate of drug-likeness (QED) is 0.841. The number of nitrogens with one attached hydrogen (secondary N) is 1. The van der Waals surface area contributed by atoms with E-state index in [1.807, 2.05) is 0 Å². The van der Waals surface area contributed by atoms with Crippen LogP contribution in [0.4, 0.5) is 5.69 Å². The van der Waals surface area contributed by atoms with E-state index in [-0.39, 0.29) is 16.7 Å². The van der Waals surface area contributed by atoms with Crippen molar-refractivity contribution in [1.29, 1.82) is 0 Å². The fourth-order valence-corrected chi connectivity index (χ4v) is 2.85. The molecule has 1 heterocycles. The van der Waals surface area contributed by atoms with E-state index in [0.717, 1.165) is 0 Å². The molecular formula is C13H16N2O3S. The van der Waals surface area contributed by atoms with Crippen molar-refractivity contribution < 1.29 is 13.2 Å². The number of hydrogen-bond donors (Lipinski definition) is 1. The smallest absolute Gasteiger partial charge is 0.240 e. The number of benzene rings is 1. The van der Waals surface area contributed by atoms with Gasteiger partial charge in [-0.15, -0.1) is 6.58 Å². The van der Waals surface area contributed by atoms with E-state index >= 15 is 0 Å². The maximum atomic E-state index is 11.9. The van der Waals surface area contributed by atoms with Crippen molar-refractivity contribution in [3.8, 4) is 0 Å². The molecule has 19 heavy (non-hydrogen) atoms. The van der Waals surface area contributed by atoms with Crippen molar-refractivity contribution in [3.63, 3.8) is 0 Å². The molecule has 1 unspecified atom stereocenters. The van der Waals surface area contributed by atoms with Crippen LogP contribution in [0.1, 0.15) is 6.42 Å². The van der Waals surface area contributed by atoms with Crippen LogP contribution in [0.15, 0.2) is 41.8 Å². The van der Waals surface area contributed by atoms with Gasteiger partial charge in [0.2, 0.25) is 15.9 Å². The van der Waals surface area contributed by atoms with Crippen LogP contribution in [0, 0.1) is 5.92 Å². The predicted molar refractivity (Wildman–Crippen MR) is 73.3 cm³/mol. The highest BCUT2D eigenvalue weighted by atomic mass is 32.2. The molecule has 0 saturated carbocycles. The number of amides is 1. The van der Waals surface area contributed by atoms with Crippen LogP contribution in [-0.4, -0.2) is 27.9 Å². The molecule has 0 spiro atoms. The van der Waals surface area contributed by atoms with Crippen LogP contribution in [0.25, 0.3) is 0 Å². The monoisotopic (exact) mass is 280 g/mol. The molecule has 102 valence electrons. The average Bonchev–Trinajstić information content (AvgIpc) is 2.80. The van der Waals surface area contributed by atoms with Crippen LogP contribution >= 0.6 is 0 Å². The van der Waals surface area contributed by atoms with Gasteiger partial charge in [0.25, 0.3) is 0 Å². The van der Waals surface area contributed by atoms with Gasteiger partial charge in [-0.05, 0) is 25.2 Å².